The molecule has 0 radical (unpaired) electrons. The molecule has 5 heteroatoms. The van der Waals surface area contributed by atoms with Gasteiger partial charge in [-0.1, -0.05) is 39.0 Å². The first-order valence-corrected chi connectivity index (χ1v) is 11.6. The van der Waals surface area contributed by atoms with Gasteiger partial charge in [0.2, 0.25) is 0 Å². The van der Waals surface area contributed by atoms with E-state index in [2.05, 4.69) is 32.1 Å². The van der Waals surface area contributed by atoms with Gasteiger partial charge in [-0.3, -0.25) is 9.59 Å². The van der Waals surface area contributed by atoms with E-state index in [1.807, 2.05) is 20.8 Å². The van der Waals surface area contributed by atoms with Gasteiger partial charge < -0.3 is 14.6 Å². The lowest BCUT2D eigenvalue weighted by Crippen LogP contribution is -2.43. The van der Waals surface area contributed by atoms with Crippen molar-refractivity contribution in [3.8, 4) is 0 Å². The minimum absolute atomic E-state index is 0.0949. The van der Waals surface area contributed by atoms with Crippen molar-refractivity contribution in [3.05, 3.63) is 23.8 Å². The van der Waals surface area contributed by atoms with Crippen LogP contribution in [0.15, 0.2) is 23.8 Å². The number of fused-ring (bicyclic) bond motifs is 1. The molecule has 3 aliphatic rings. The van der Waals surface area contributed by atoms with Gasteiger partial charge in [-0.2, -0.15) is 0 Å². The normalized spacial score (nSPS) is 36.5. The molecular formula is C25H38O5. The van der Waals surface area contributed by atoms with Crippen molar-refractivity contribution < 1.29 is 24.2 Å². The molecule has 3 rings (SSSR count). The molecule has 1 N–H and O–H groups in total. The third-order valence-electron chi connectivity index (χ3n) is 7.35. The van der Waals surface area contributed by atoms with Crippen LogP contribution in [0.1, 0.15) is 73.1 Å². The molecule has 5 nitrogen and oxygen atoms in total. The number of rotatable bonds is 6. The summed E-state index contributed by atoms with van der Waals surface area (Å²) >= 11 is 0. The minimum Gasteiger partial charge on any atom is -0.462 e. The Morgan fingerprint density at radius 2 is 2.00 bits per heavy atom. The van der Waals surface area contributed by atoms with E-state index in [0.29, 0.717) is 24.2 Å². The fraction of sp³-hybridized carbons (Fsp3) is 0.760. The standard InChI is InChI=1S/C25H38O5/c1-6-25(4,5)24(28)30-21-12-15(2)11-17-8-7-16(3)20(23(17)21)10-9-19-13-18(26)14-22(27)29-19/h7-8,11,15-16,18-21,23,26H,6,9-10,12-14H2,1-5H3/t15-,16-,18+,19-,20-,21-,23-/m0/s1. The van der Waals surface area contributed by atoms with Crippen molar-refractivity contribution in [3.63, 3.8) is 0 Å². The highest BCUT2D eigenvalue weighted by Gasteiger charge is 2.43. The number of cyclic esters (lactones) is 1. The number of hydrogen-bond acceptors (Lipinski definition) is 5. The first-order chi connectivity index (χ1) is 14.1. The largest absolute Gasteiger partial charge is 0.462 e. The van der Waals surface area contributed by atoms with Crippen LogP contribution in [0.3, 0.4) is 0 Å². The van der Waals surface area contributed by atoms with Gasteiger partial charge in [-0.05, 0) is 62.9 Å². The summed E-state index contributed by atoms with van der Waals surface area (Å²) in [5.41, 5.74) is 0.785. The molecule has 1 aliphatic heterocycles. The Bertz CT molecular complexity index is 706. The average molecular weight is 419 g/mol. The number of aliphatic hydroxyl groups excluding tert-OH is 1. The van der Waals surface area contributed by atoms with Crippen LogP contribution in [-0.2, 0) is 19.1 Å². The maximum absolute atomic E-state index is 12.9. The fourth-order valence-corrected chi connectivity index (χ4v) is 5.08. The summed E-state index contributed by atoms with van der Waals surface area (Å²) < 4.78 is 11.6. The van der Waals surface area contributed by atoms with Crippen LogP contribution in [0, 0.1) is 29.1 Å². The molecule has 0 amide bonds. The SMILES string of the molecule is CCC(C)(C)C(=O)O[C@H]1C[C@@H](C)C=C2C=C[C@H](C)[C@H](CC[C@H]3C[C@@H](O)CC(=O)O3)[C@H]21. The highest BCUT2D eigenvalue weighted by atomic mass is 16.6. The summed E-state index contributed by atoms with van der Waals surface area (Å²) in [7, 11) is 0. The van der Waals surface area contributed by atoms with E-state index >= 15 is 0 Å². The summed E-state index contributed by atoms with van der Waals surface area (Å²) in [6.45, 7) is 10.3. The van der Waals surface area contributed by atoms with Crippen LogP contribution >= 0.6 is 0 Å². The van der Waals surface area contributed by atoms with Gasteiger partial charge >= 0.3 is 11.9 Å². The van der Waals surface area contributed by atoms with Gasteiger partial charge in [-0.15, -0.1) is 0 Å². The smallest absolute Gasteiger partial charge is 0.311 e. The monoisotopic (exact) mass is 418 g/mol. The van der Waals surface area contributed by atoms with E-state index in [9.17, 15) is 14.7 Å². The van der Waals surface area contributed by atoms with Gasteiger partial charge in [0.15, 0.2) is 0 Å². The zero-order chi connectivity index (χ0) is 22.1. The number of ether oxygens (including phenoxy) is 2. The van der Waals surface area contributed by atoms with Crippen molar-refractivity contribution in [2.24, 2.45) is 29.1 Å². The van der Waals surface area contributed by atoms with E-state index < -0.39 is 11.5 Å². The molecule has 0 spiro atoms. The van der Waals surface area contributed by atoms with Crippen molar-refractivity contribution in [2.45, 2.75) is 91.5 Å². The fourth-order valence-electron chi connectivity index (χ4n) is 5.08. The summed E-state index contributed by atoms with van der Waals surface area (Å²) in [6, 6.07) is 0. The summed E-state index contributed by atoms with van der Waals surface area (Å²) in [5.74, 6) is 0.776. The van der Waals surface area contributed by atoms with Gasteiger partial charge in [0.05, 0.1) is 17.9 Å². The second-order valence-corrected chi connectivity index (χ2v) is 10.3. The van der Waals surface area contributed by atoms with Crippen molar-refractivity contribution >= 4 is 11.9 Å². The molecule has 7 atom stereocenters. The Hall–Kier alpha value is -1.62. The van der Waals surface area contributed by atoms with Crippen LogP contribution in [0.4, 0.5) is 0 Å². The molecule has 0 saturated carbocycles. The molecule has 1 saturated heterocycles. The molecule has 1 heterocycles. The number of hydrogen-bond donors (Lipinski definition) is 1. The second kappa shape index (κ2) is 9.25. The lowest BCUT2D eigenvalue weighted by atomic mass is 9.65. The van der Waals surface area contributed by atoms with Gasteiger partial charge in [0.1, 0.15) is 12.2 Å². The lowest BCUT2D eigenvalue weighted by molar-refractivity contribution is -0.166. The molecule has 2 aliphatic carbocycles. The number of carbonyl (C=O) groups excluding carboxylic acids is 2. The van der Waals surface area contributed by atoms with Gasteiger partial charge in [0, 0.05) is 12.3 Å². The third kappa shape index (κ3) is 5.16. The molecule has 1 fully saturated rings. The zero-order valence-electron chi connectivity index (χ0n) is 19.1. The Morgan fingerprint density at radius 1 is 1.27 bits per heavy atom. The summed E-state index contributed by atoms with van der Waals surface area (Å²) in [5, 5.41) is 9.92. The third-order valence-corrected chi connectivity index (χ3v) is 7.35. The zero-order valence-corrected chi connectivity index (χ0v) is 19.1. The van der Waals surface area contributed by atoms with E-state index in [1.165, 1.54) is 5.57 Å². The minimum atomic E-state index is -0.601. The maximum atomic E-state index is 12.9. The summed E-state index contributed by atoms with van der Waals surface area (Å²) in [6.07, 6.45) is 9.61. The maximum Gasteiger partial charge on any atom is 0.311 e. The van der Waals surface area contributed by atoms with E-state index in [-0.39, 0.29) is 36.5 Å². The van der Waals surface area contributed by atoms with Crippen LogP contribution in [0.2, 0.25) is 0 Å². The van der Waals surface area contributed by atoms with Crippen LogP contribution in [-0.4, -0.2) is 35.4 Å². The van der Waals surface area contributed by atoms with Crippen molar-refractivity contribution in [1.29, 1.82) is 0 Å². The quantitative estimate of drug-likeness (QED) is 0.639. The van der Waals surface area contributed by atoms with E-state index in [4.69, 9.17) is 9.47 Å². The average Bonchev–Trinajstić information content (AvgIpc) is 2.66. The number of esters is 2. The van der Waals surface area contributed by atoms with Crippen LogP contribution < -0.4 is 0 Å². The predicted octanol–water partition coefficient (Wildman–Crippen LogP) is 4.59. The topological polar surface area (TPSA) is 72.8 Å². The Balaban J connectivity index is 1.76. The van der Waals surface area contributed by atoms with Crippen molar-refractivity contribution in [2.75, 3.05) is 0 Å². The highest BCUT2D eigenvalue weighted by molar-refractivity contribution is 5.76. The Labute approximate surface area is 180 Å². The first kappa shape index (κ1) is 23.1. The molecule has 168 valence electrons. The predicted molar refractivity (Wildman–Crippen MR) is 115 cm³/mol. The van der Waals surface area contributed by atoms with E-state index in [0.717, 1.165) is 25.7 Å². The molecule has 0 aromatic heterocycles. The molecular weight excluding hydrogens is 380 g/mol. The van der Waals surface area contributed by atoms with Crippen LogP contribution in [0.25, 0.3) is 0 Å². The lowest BCUT2D eigenvalue weighted by Gasteiger charge is -2.44. The number of allylic oxidation sites excluding steroid dienone is 3. The van der Waals surface area contributed by atoms with Gasteiger partial charge in [-0.25, -0.2) is 0 Å². The van der Waals surface area contributed by atoms with Crippen molar-refractivity contribution in [1.82, 2.24) is 0 Å². The Kier molecular flexibility index (Phi) is 7.11. The second-order valence-electron chi connectivity index (χ2n) is 10.3. The molecule has 30 heavy (non-hydrogen) atoms. The summed E-state index contributed by atoms with van der Waals surface area (Å²) in [4.78, 5) is 24.6. The van der Waals surface area contributed by atoms with Gasteiger partial charge in [0.25, 0.3) is 0 Å². The molecule has 0 bridgehead atoms. The highest BCUT2D eigenvalue weighted by Crippen LogP contribution is 2.45. The first-order valence-electron chi connectivity index (χ1n) is 11.6. The molecule has 0 unspecified atom stereocenters. The molecule has 0 aromatic rings. The van der Waals surface area contributed by atoms with Crippen LogP contribution in [0.5, 0.6) is 0 Å². The van der Waals surface area contributed by atoms with E-state index in [1.54, 1.807) is 0 Å². The number of aliphatic hydroxyl groups is 1. The number of carbonyl (C=O) groups is 2. The molecule has 0 aromatic carbocycles. The Morgan fingerprint density at radius 3 is 2.67 bits per heavy atom.